The fourth-order valence-corrected chi connectivity index (χ4v) is 3.59. The zero-order valence-corrected chi connectivity index (χ0v) is 12.8. The third kappa shape index (κ3) is 3.54. The van der Waals surface area contributed by atoms with E-state index in [-0.39, 0.29) is 22.0 Å². The number of hydrogen-bond acceptors (Lipinski definition) is 4. The molecule has 0 amide bonds. The van der Waals surface area contributed by atoms with Crippen LogP contribution in [0.3, 0.4) is 0 Å². The molecular formula is C13H18N2O3S2. The quantitative estimate of drug-likeness (QED) is 0.797. The lowest BCUT2D eigenvalue weighted by molar-refractivity contribution is 0.0902. The molecule has 0 saturated carbocycles. The van der Waals surface area contributed by atoms with Crippen molar-refractivity contribution >= 4 is 27.2 Å². The molecule has 2 atom stereocenters. The van der Waals surface area contributed by atoms with Crippen LogP contribution in [0.4, 0.5) is 0 Å². The standard InChI is InChI=1S/C13H18N2O3S2/c1-9(12-3-2-8-18-12)15-20(16,17)11-6-4-10(5-7-11)13(14)19/h4-7,9,12,15H,2-3,8H2,1H3,(H2,14,19). The number of sulfonamides is 1. The van der Waals surface area contributed by atoms with Gasteiger partial charge in [-0.3, -0.25) is 0 Å². The summed E-state index contributed by atoms with van der Waals surface area (Å²) in [5.41, 5.74) is 6.13. The second-order valence-corrected chi connectivity index (χ2v) is 7.00. The first-order valence-electron chi connectivity index (χ1n) is 6.44. The van der Waals surface area contributed by atoms with Gasteiger partial charge in [-0.1, -0.05) is 24.4 Å². The molecule has 1 aromatic rings. The molecule has 2 rings (SSSR count). The summed E-state index contributed by atoms with van der Waals surface area (Å²) in [7, 11) is -3.55. The van der Waals surface area contributed by atoms with E-state index in [0.29, 0.717) is 12.2 Å². The average molecular weight is 314 g/mol. The molecule has 5 nitrogen and oxygen atoms in total. The van der Waals surface area contributed by atoms with Crippen molar-refractivity contribution in [3.05, 3.63) is 29.8 Å². The van der Waals surface area contributed by atoms with E-state index in [1.807, 2.05) is 6.92 Å². The van der Waals surface area contributed by atoms with Crippen LogP contribution < -0.4 is 10.5 Å². The Labute approximate surface area is 124 Å². The van der Waals surface area contributed by atoms with Gasteiger partial charge in [0.15, 0.2) is 0 Å². The summed E-state index contributed by atoms with van der Waals surface area (Å²) in [5, 5.41) is 0. The maximum Gasteiger partial charge on any atom is 0.240 e. The molecule has 0 spiro atoms. The number of ether oxygens (including phenoxy) is 1. The van der Waals surface area contributed by atoms with Crippen LogP contribution in [0.5, 0.6) is 0 Å². The van der Waals surface area contributed by atoms with Crippen molar-refractivity contribution in [1.29, 1.82) is 0 Å². The minimum Gasteiger partial charge on any atom is -0.389 e. The summed E-state index contributed by atoms with van der Waals surface area (Å²) < 4.78 is 32.6. The van der Waals surface area contributed by atoms with Crippen LogP contribution in [0.2, 0.25) is 0 Å². The third-order valence-corrected chi connectivity index (χ3v) is 5.12. The Morgan fingerprint density at radius 3 is 2.60 bits per heavy atom. The molecule has 0 bridgehead atoms. The van der Waals surface area contributed by atoms with Gasteiger partial charge in [0.2, 0.25) is 10.0 Å². The maximum atomic E-state index is 12.2. The first-order valence-corrected chi connectivity index (χ1v) is 8.33. The summed E-state index contributed by atoms with van der Waals surface area (Å²) in [6.07, 6.45) is 1.80. The van der Waals surface area contributed by atoms with Crippen LogP contribution >= 0.6 is 12.2 Å². The highest BCUT2D eigenvalue weighted by molar-refractivity contribution is 7.89. The highest BCUT2D eigenvalue weighted by Crippen LogP contribution is 2.18. The van der Waals surface area contributed by atoms with E-state index in [2.05, 4.69) is 4.72 Å². The SMILES string of the molecule is CC(NS(=O)(=O)c1ccc(C(N)=S)cc1)C1CCCO1. The number of rotatable bonds is 5. The Morgan fingerprint density at radius 1 is 1.45 bits per heavy atom. The van der Waals surface area contributed by atoms with Crippen molar-refractivity contribution in [3.63, 3.8) is 0 Å². The molecular weight excluding hydrogens is 296 g/mol. The van der Waals surface area contributed by atoms with E-state index < -0.39 is 10.0 Å². The summed E-state index contributed by atoms with van der Waals surface area (Å²) in [6, 6.07) is 5.96. The van der Waals surface area contributed by atoms with E-state index in [9.17, 15) is 8.42 Å². The van der Waals surface area contributed by atoms with Crippen LogP contribution in [-0.2, 0) is 14.8 Å². The number of hydrogen-bond donors (Lipinski definition) is 2. The molecule has 1 fully saturated rings. The summed E-state index contributed by atoms with van der Waals surface area (Å²) >= 11 is 4.84. The molecule has 7 heteroatoms. The summed E-state index contributed by atoms with van der Waals surface area (Å²) in [5.74, 6) is 0. The van der Waals surface area contributed by atoms with E-state index in [0.717, 1.165) is 12.8 Å². The van der Waals surface area contributed by atoms with Crippen molar-refractivity contribution in [1.82, 2.24) is 4.72 Å². The molecule has 1 aromatic carbocycles. The smallest absolute Gasteiger partial charge is 0.240 e. The van der Waals surface area contributed by atoms with Crippen LogP contribution in [0, 0.1) is 0 Å². The van der Waals surface area contributed by atoms with E-state index in [1.165, 1.54) is 12.1 Å². The molecule has 0 aliphatic carbocycles. The minimum atomic E-state index is -3.55. The average Bonchev–Trinajstić information content (AvgIpc) is 2.92. The van der Waals surface area contributed by atoms with Crippen LogP contribution in [0.1, 0.15) is 25.3 Å². The first kappa shape index (κ1) is 15.4. The van der Waals surface area contributed by atoms with E-state index in [4.69, 9.17) is 22.7 Å². The molecule has 1 saturated heterocycles. The molecule has 1 aliphatic heterocycles. The second-order valence-electron chi connectivity index (χ2n) is 4.85. The van der Waals surface area contributed by atoms with Gasteiger partial charge in [0.1, 0.15) is 4.99 Å². The van der Waals surface area contributed by atoms with E-state index in [1.54, 1.807) is 12.1 Å². The van der Waals surface area contributed by atoms with Crippen LogP contribution in [0.15, 0.2) is 29.2 Å². The predicted molar refractivity (Wildman–Crippen MR) is 81.1 cm³/mol. The van der Waals surface area contributed by atoms with Crippen LogP contribution in [0.25, 0.3) is 0 Å². The van der Waals surface area contributed by atoms with Gasteiger partial charge < -0.3 is 10.5 Å². The number of nitrogens with one attached hydrogen (secondary N) is 1. The summed E-state index contributed by atoms with van der Waals surface area (Å²) in [6.45, 7) is 2.51. The molecule has 1 heterocycles. The number of benzene rings is 1. The van der Waals surface area contributed by atoms with Gasteiger partial charge in [0.05, 0.1) is 11.0 Å². The highest BCUT2D eigenvalue weighted by Gasteiger charge is 2.26. The monoisotopic (exact) mass is 314 g/mol. The largest absolute Gasteiger partial charge is 0.389 e. The van der Waals surface area contributed by atoms with Gasteiger partial charge in [0.25, 0.3) is 0 Å². The van der Waals surface area contributed by atoms with Gasteiger partial charge in [-0.05, 0) is 31.9 Å². The summed E-state index contributed by atoms with van der Waals surface area (Å²) in [4.78, 5) is 0.442. The van der Waals surface area contributed by atoms with Gasteiger partial charge >= 0.3 is 0 Å². The van der Waals surface area contributed by atoms with Crippen molar-refractivity contribution in [2.24, 2.45) is 5.73 Å². The third-order valence-electron chi connectivity index (χ3n) is 3.31. The second kappa shape index (κ2) is 6.17. The van der Waals surface area contributed by atoms with Gasteiger partial charge in [-0.25, -0.2) is 13.1 Å². The highest BCUT2D eigenvalue weighted by atomic mass is 32.2. The zero-order chi connectivity index (χ0) is 14.8. The topological polar surface area (TPSA) is 81.4 Å². The van der Waals surface area contributed by atoms with Crippen molar-refractivity contribution in [2.45, 2.75) is 36.8 Å². The van der Waals surface area contributed by atoms with Gasteiger partial charge in [-0.15, -0.1) is 0 Å². The number of thiocarbonyl (C=S) groups is 1. The minimum absolute atomic E-state index is 0.0549. The van der Waals surface area contributed by atoms with Crippen LogP contribution in [-0.4, -0.2) is 32.2 Å². The lowest BCUT2D eigenvalue weighted by Crippen LogP contribution is -2.40. The fraction of sp³-hybridized carbons (Fsp3) is 0.462. The van der Waals surface area contributed by atoms with Crippen molar-refractivity contribution < 1.29 is 13.2 Å². The first-order chi connectivity index (χ1) is 9.40. The van der Waals surface area contributed by atoms with Gasteiger partial charge in [0, 0.05) is 18.2 Å². The molecule has 1 aliphatic rings. The maximum absolute atomic E-state index is 12.2. The molecule has 3 N–H and O–H groups in total. The predicted octanol–water partition coefficient (Wildman–Crippen LogP) is 1.17. The van der Waals surface area contributed by atoms with E-state index >= 15 is 0 Å². The van der Waals surface area contributed by atoms with Crippen molar-refractivity contribution in [3.8, 4) is 0 Å². The lowest BCUT2D eigenvalue weighted by atomic mass is 10.1. The zero-order valence-electron chi connectivity index (χ0n) is 11.2. The van der Waals surface area contributed by atoms with Crippen molar-refractivity contribution in [2.75, 3.05) is 6.61 Å². The molecule has 110 valence electrons. The van der Waals surface area contributed by atoms with Gasteiger partial charge in [-0.2, -0.15) is 0 Å². The Morgan fingerprint density at radius 2 is 2.10 bits per heavy atom. The Hall–Kier alpha value is -1.02. The molecule has 0 radical (unpaired) electrons. The Bertz CT molecular complexity index is 578. The Kier molecular flexibility index (Phi) is 4.74. The number of nitrogens with two attached hydrogens (primary N) is 1. The normalized spacial score (nSPS) is 20.8. The Balaban J connectivity index is 2.11. The molecule has 20 heavy (non-hydrogen) atoms. The molecule has 2 unspecified atom stereocenters. The fourth-order valence-electron chi connectivity index (χ4n) is 2.18. The molecule has 0 aromatic heterocycles. The lowest BCUT2D eigenvalue weighted by Gasteiger charge is -2.20.